The first-order valence-electron chi connectivity index (χ1n) is 8.43. The van der Waals surface area contributed by atoms with Crippen molar-refractivity contribution in [3.63, 3.8) is 0 Å². The lowest BCUT2D eigenvalue weighted by Crippen LogP contribution is -2.19. The van der Waals surface area contributed by atoms with Crippen molar-refractivity contribution in [2.45, 2.75) is 32.7 Å². The molecule has 6 nitrogen and oxygen atoms in total. The van der Waals surface area contributed by atoms with Crippen LogP contribution in [0.1, 0.15) is 30.5 Å². The third-order valence-corrected chi connectivity index (χ3v) is 5.09. The smallest absolute Gasteiger partial charge is 0.163 e. The molecule has 0 spiro atoms. The third kappa shape index (κ3) is 3.75. The molecule has 4 heterocycles. The van der Waals surface area contributed by atoms with E-state index in [2.05, 4.69) is 20.3 Å². The fourth-order valence-corrected chi connectivity index (χ4v) is 3.64. The zero-order chi connectivity index (χ0) is 18.1. The molecule has 3 aromatic heterocycles. The number of nitrogens with zero attached hydrogens (tertiary/aromatic N) is 3. The lowest BCUT2D eigenvalue weighted by atomic mass is 10.3. The zero-order valence-electron chi connectivity index (χ0n) is 14.9. The van der Waals surface area contributed by atoms with Crippen LogP contribution in [0.5, 0.6) is 0 Å². The molecule has 3 aromatic rings. The van der Waals surface area contributed by atoms with E-state index >= 15 is 0 Å². The Balaban J connectivity index is 1.54. The summed E-state index contributed by atoms with van der Waals surface area (Å²) in [7, 11) is 0. The van der Waals surface area contributed by atoms with Gasteiger partial charge in [0, 0.05) is 12.4 Å². The molecule has 1 fully saturated rings. The predicted molar refractivity (Wildman–Crippen MR) is 101 cm³/mol. The average Bonchev–Trinajstić information content (AvgIpc) is 3.22. The Morgan fingerprint density at radius 1 is 1.19 bits per heavy atom. The first-order chi connectivity index (χ1) is 12.5. The molecule has 1 aliphatic heterocycles. The lowest BCUT2D eigenvalue weighted by Gasteiger charge is -2.15. The molecule has 0 amide bonds. The van der Waals surface area contributed by atoms with E-state index in [0.29, 0.717) is 6.61 Å². The molecule has 1 N–H and O–H groups in total. The van der Waals surface area contributed by atoms with Crippen molar-refractivity contribution in [2.24, 2.45) is 0 Å². The van der Waals surface area contributed by atoms with E-state index in [-0.39, 0.29) is 6.10 Å². The van der Waals surface area contributed by atoms with Gasteiger partial charge in [0.2, 0.25) is 0 Å². The maximum atomic E-state index is 5.88. The van der Waals surface area contributed by atoms with Gasteiger partial charge >= 0.3 is 0 Å². The van der Waals surface area contributed by atoms with Crippen LogP contribution in [0.2, 0.25) is 0 Å². The third-order valence-electron chi connectivity index (χ3n) is 3.98. The maximum Gasteiger partial charge on any atom is 0.163 e. The van der Waals surface area contributed by atoms with E-state index in [9.17, 15) is 0 Å². The molecule has 0 saturated carbocycles. The summed E-state index contributed by atoms with van der Waals surface area (Å²) < 4.78 is 11.5. The van der Waals surface area contributed by atoms with Crippen molar-refractivity contribution < 1.29 is 9.47 Å². The first kappa shape index (κ1) is 17.1. The van der Waals surface area contributed by atoms with Crippen LogP contribution in [0.3, 0.4) is 0 Å². The largest absolute Gasteiger partial charge is 0.347 e. The number of aryl methyl sites for hydroxylation is 1. The molecule has 0 radical (unpaired) electrons. The molecule has 0 aromatic carbocycles. The number of hydrogen-bond donors (Lipinski definition) is 1. The Labute approximate surface area is 156 Å². The van der Waals surface area contributed by atoms with E-state index in [1.807, 2.05) is 57.3 Å². The summed E-state index contributed by atoms with van der Waals surface area (Å²) in [6, 6.07) is 9.81. The summed E-state index contributed by atoms with van der Waals surface area (Å²) >= 11 is 1.58. The van der Waals surface area contributed by atoms with Crippen molar-refractivity contribution in [1.82, 2.24) is 15.0 Å². The Morgan fingerprint density at radius 2 is 2.08 bits per heavy atom. The summed E-state index contributed by atoms with van der Waals surface area (Å²) in [5, 5.41) is 4.15. The SMILES string of the molecule is Cc1ccnc(Nc2cccc(-c3cnc(C4COC(C)(C)O4)s3)n2)c1. The summed E-state index contributed by atoms with van der Waals surface area (Å²) in [5.74, 6) is 0.967. The number of hydrogen-bond acceptors (Lipinski definition) is 7. The molecule has 134 valence electrons. The normalized spacial score (nSPS) is 18.8. The lowest BCUT2D eigenvalue weighted by molar-refractivity contribution is -0.139. The molecule has 4 rings (SSSR count). The van der Waals surface area contributed by atoms with Crippen molar-refractivity contribution in [3.05, 3.63) is 53.3 Å². The first-order valence-corrected chi connectivity index (χ1v) is 9.25. The zero-order valence-corrected chi connectivity index (χ0v) is 15.7. The molecule has 0 bridgehead atoms. The van der Waals surface area contributed by atoms with Gasteiger partial charge in [-0.05, 0) is 50.6 Å². The summed E-state index contributed by atoms with van der Waals surface area (Å²) in [6.07, 6.45) is 3.50. The van der Waals surface area contributed by atoms with Crippen LogP contribution < -0.4 is 5.32 Å². The maximum absolute atomic E-state index is 5.88. The fraction of sp³-hybridized carbons (Fsp3) is 0.316. The highest BCUT2D eigenvalue weighted by molar-refractivity contribution is 7.15. The van der Waals surface area contributed by atoms with Gasteiger partial charge in [-0.1, -0.05) is 6.07 Å². The molecule has 1 saturated heterocycles. The van der Waals surface area contributed by atoms with Crippen LogP contribution in [0, 0.1) is 6.92 Å². The number of rotatable bonds is 4. The van der Waals surface area contributed by atoms with Gasteiger partial charge in [0.05, 0.1) is 17.2 Å². The predicted octanol–water partition coefficient (Wildman–Crippen LogP) is 4.48. The topological polar surface area (TPSA) is 69.2 Å². The van der Waals surface area contributed by atoms with Crippen LogP contribution in [-0.2, 0) is 9.47 Å². The highest BCUT2D eigenvalue weighted by Crippen LogP contribution is 2.37. The molecular formula is C19H20N4O2S. The molecule has 0 aliphatic carbocycles. The quantitative estimate of drug-likeness (QED) is 0.732. The Hall–Kier alpha value is -2.35. The standard InChI is InChI=1S/C19H20N4O2S/c1-12-7-8-20-17(9-12)23-16-6-4-5-13(22-16)15-10-21-18(26-15)14-11-24-19(2,3)25-14/h4-10,14H,11H2,1-3H3,(H,20,22,23). The van der Waals surface area contributed by atoms with Crippen LogP contribution in [0.4, 0.5) is 11.6 Å². The minimum absolute atomic E-state index is 0.124. The second-order valence-electron chi connectivity index (χ2n) is 6.63. The van der Waals surface area contributed by atoms with Gasteiger partial charge in [0.15, 0.2) is 5.79 Å². The molecule has 1 atom stereocenters. The minimum Gasteiger partial charge on any atom is -0.347 e. The Bertz CT molecular complexity index is 925. The van der Waals surface area contributed by atoms with E-state index in [1.54, 1.807) is 17.5 Å². The number of nitrogens with one attached hydrogen (secondary N) is 1. The molecule has 7 heteroatoms. The average molecular weight is 368 g/mol. The van der Waals surface area contributed by atoms with E-state index in [4.69, 9.17) is 9.47 Å². The van der Waals surface area contributed by atoms with E-state index in [0.717, 1.165) is 32.8 Å². The summed E-state index contributed by atoms with van der Waals surface area (Å²) in [6.45, 7) is 6.38. The minimum atomic E-state index is -0.556. The van der Waals surface area contributed by atoms with Crippen molar-refractivity contribution in [2.75, 3.05) is 11.9 Å². The second kappa shape index (κ2) is 6.75. The number of anilines is 2. The van der Waals surface area contributed by atoms with Gasteiger partial charge in [-0.25, -0.2) is 15.0 Å². The van der Waals surface area contributed by atoms with Crippen LogP contribution in [-0.4, -0.2) is 27.3 Å². The summed E-state index contributed by atoms with van der Waals surface area (Å²) in [5.41, 5.74) is 2.01. The van der Waals surface area contributed by atoms with E-state index < -0.39 is 5.79 Å². The van der Waals surface area contributed by atoms with E-state index in [1.165, 1.54) is 0 Å². The molecule has 26 heavy (non-hydrogen) atoms. The monoisotopic (exact) mass is 368 g/mol. The van der Waals surface area contributed by atoms with Crippen molar-refractivity contribution in [1.29, 1.82) is 0 Å². The van der Waals surface area contributed by atoms with Gasteiger partial charge in [0.25, 0.3) is 0 Å². The summed E-state index contributed by atoms with van der Waals surface area (Å²) in [4.78, 5) is 14.5. The number of pyridine rings is 2. The fourth-order valence-electron chi connectivity index (χ4n) is 2.74. The molecule has 1 unspecified atom stereocenters. The molecule has 1 aliphatic rings. The highest BCUT2D eigenvalue weighted by atomic mass is 32.1. The van der Waals surface area contributed by atoms with Gasteiger partial charge in [-0.3, -0.25) is 0 Å². The number of aromatic nitrogens is 3. The Kier molecular flexibility index (Phi) is 4.44. The van der Waals surface area contributed by atoms with Gasteiger partial charge in [-0.2, -0.15) is 0 Å². The second-order valence-corrected chi connectivity index (χ2v) is 7.69. The van der Waals surface area contributed by atoms with Gasteiger partial charge < -0.3 is 14.8 Å². The van der Waals surface area contributed by atoms with Crippen molar-refractivity contribution >= 4 is 23.0 Å². The highest BCUT2D eigenvalue weighted by Gasteiger charge is 2.35. The van der Waals surface area contributed by atoms with Crippen LogP contribution in [0.15, 0.2) is 42.7 Å². The Morgan fingerprint density at radius 3 is 2.85 bits per heavy atom. The van der Waals surface area contributed by atoms with Gasteiger partial charge in [-0.15, -0.1) is 11.3 Å². The number of thiazole rings is 1. The van der Waals surface area contributed by atoms with Crippen LogP contribution in [0.25, 0.3) is 10.6 Å². The number of ether oxygens (including phenoxy) is 2. The van der Waals surface area contributed by atoms with Gasteiger partial charge in [0.1, 0.15) is 22.7 Å². The van der Waals surface area contributed by atoms with Crippen LogP contribution >= 0.6 is 11.3 Å². The van der Waals surface area contributed by atoms with Crippen molar-refractivity contribution in [3.8, 4) is 10.6 Å². The molecular weight excluding hydrogens is 348 g/mol.